The lowest BCUT2D eigenvalue weighted by molar-refractivity contribution is 0.0946. The highest BCUT2D eigenvalue weighted by Crippen LogP contribution is 2.36. The van der Waals surface area contributed by atoms with Gasteiger partial charge in [-0.1, -0.05) is 23.7 Å². The number of hydrogen-bond donors (Lipinski definition) is 0. The van der Waals surface area contributed by atoms with Crippen molar-refractivity contribution in [2.24, 2.45) is 0 Å². The van der Waals surface area contributed by atoms with Crippen LogP contribution in [0.5, 0.6) is 11.6 Å². The number of nitriles is 1. The van der Waals surface area contributed by atoms with Gasteiger partial charge in [-0.2, -0.15) is 14.0 Å². The second-order valence-corrected chi connectivity index (χ2v) is 4.97. The van der Waals surface area contributed by atoms with Crippen molar-refractivity contribution in [2.75, 3.05) is 0 Å². The van der Waals surface area contributed by atoms with Gasteiger partial charge in [0.1, 0.15) is 10.8 Å². The first kappa shape index (κ1) is 15.5. The van der Waals surface area contributed by atoms with Crippen molar-refractivity contribution in [1.82, 2.24) is 4.98 Å². The third kappa shape index (κ3) is 4.03. The Morgan fingerprint density at radius 3 is 2.48 bits per heavy atom. The molecule has 0 aliphatic rings. The molecule has 0 atom stereocenters. The second kappa shape index (κ2) is 6.25. The molecule has 0 fully saturated rings. The molecule has 0 bridgehead atoms. The second-order valence-electron chi connectivity index (χ2n) is 4.09. The SMILES string of the molecule is N#CCc1ccc(Oc2ncc(C(F)(F)Cl)cc2Cl)cc1. The Labute approximate surface area is 129 Å². The van der Waals surface area contributed by atoms with E-state index in [9.17, 15) is 8.78 Å². The number of nitrogens with zero attached hydrogens (tertiary/aromatic N) is 2. The highest BCUT2D eigenvalue weighted by atomic mass is 35.5. The average Bonchev–Trinajstić information content (AvgIpc) is 2.42. The minimum Gasteiger partial charge on any atom is -0.438 e. The number of pyridine rings is 1. The Kier molecular flexibility index (Phi) is 4.61. The third-order valence-corrected chi connectivity index (χ3v) is 3.04. The van der Waals surface area contributed by atoms with Crippen LogP contribution in [0.4, 0.5) is 8.78 Å². The quantitative estimate of drug-likeness (QED) is 0.751. The van der Waals surface area contributed by atoms with Crippen LogP contribution in [0.2, 0.25) is 5.02 Å². The fourth-order valence-electron chi connectivity index (χ4n) is 1.53. The molecule has 1 aromatic heterocycles. The van der Waals surface area contributed by atoms with E-state index in [0.29, 0.717) is 12.2 Å². The van der Waals surface area contributed by atoms with Gasteiger partial charge in [0.15, 0.2) is 0 Å². The van der Waals surface area contributed by atoms with Gasteiger partial charge in [-0.3, -0.25) is 0 Å². The summed E-state index contributed by atoms with van der Waals surface area (Å²) in [6.07, 6.45) is 1.19. The van der Waals surface area contributed by atoms with E-state index < -0.39 is 10.9 Å². The first-order chi connectivity index (χ1) is 9.90. The fourth-order valence-corrected chi connectivity index (χ4v) is 1.84. The maximum absolute atomic E-state index is 12.9. The van der Waals surface area contributed by atoms with E-state index in [1.807, 2.05) is 6.07 Å². The molecule has 0 saturated carbocycles. The van der Waals surface area contributed by atoms with Gasteiger partial charge in [0.05, 0.1) is 18.1 Å². The summed E-state index contributed by atoms with van der Waals surface area (Å²) in [5.74, 6) is 0.422. The molecule has 1 heterocycles. The lowest BCUT2D eigenvalue weighted by atomic mass is 10.2. The Hall–Kier alpha value is -1.90. The molecule has 7 heteroatoms. The fraction of sp³-hybridized carbons (Fsp3) is 0.143. The molecule has 0 unspecified atom stereocenters. The smallest absolute Gasteiger partial charge is 0.349 e. The monoisotopic (exact) mass is 328 g/mol. The van der Waals surface area contributed by atoms with Gasteiger partial charge in [-0.05, 0) is 35.4 Å². The summed E-state index contributed by atoms with van der Waals surface area (Å²) in [6, 6.07) is 9.73. The van der Waals surface area contributed by atoms with Crippen LogP contribution >= 0.6 is 23.2 Å². The molecule has 0 amide bonds. The van der Waals surface area contributed by atoms with E-state index in [1.165, 1.54) is 0 Å². The molecule has 108 valence electrons. The van der Waals surface area contributed by atoms with Crippen molar-refractivity contribution in [1.29, 1.82) is 5.26 Å². The number of benzene rings is 1. The van der Waals surface area contributed by atoms with E-state index >= 15 is 0 Å². The molecular weight excluding hydrogens is 321 g/mol. The summed E-state index contributed by atoms with van der Waals surface area (Å²) in [5, 5.41) is 4.96. The lowest BCUT2D eigenvalue weighted by Gasteiger charge is -2.11. The molecule has 0 radical (unpaired) electrons. The Balaban J connectivity index is 2.18. The van der Waals surface area contributed by atoms with E-state index in [-0.39, 0.29) is 10.9 Å². The zero-order valence-corrected chi connectivity index (χ0v) is 12.0. The molecule has 2 aromatic rings. The van der Waals surface area contributed by atoms with Gasteiger partial charge in [-0.25, -0.2) is 4.98 Å². The minimum atomic E-state index is -3.53. The Bertz CT molecular complexity index is 679. The number of alkyl halides is 3. The zero-order valence-electron chi connectivity index (χ0n) is 10.5. The summed E-state index contributed by atoms with van der Waals surface area (Å²) < 4.78 is 31.2. The van der Waals surface area contributed by atoms with Gasteiger partial charge in [0.25, 0.3) is 0 Å². The summed E-state index contributed by atoms with van der Waals surface area (Å²) in [5.41, 5.74) is 0.326. The summed E-state index contributed by atoms with van der Waals surface area (Å²) >= 11 is 10.7. The van der Waals surface area contributed by atoms with Crippen LogP contribution in [-0.4, -0.2) is 4.98 Å². The summed E-state index contributed by atoms with van der Waals surface area (Å²) in [4.78, 5) is 3.73. The maximum atomic E-state index is 12.9. The van der Waals surface area contributed by atoms with Crippen LogP contribution in [0.3, 0.4) is 0 Å². The predicted molar refractivity (Wildman–Crippen MR) is 74.8 cm³/mol. The molecule has 0 aliphatic carbocycles. The Morgan fingerprint density at radius 2 is 1.95 bits per heavy atom. The molecule has 0 spiro atoms. The number of hydrogen-bond acceptors (Lipinski definition) is 3. The van der Waals surface area contributed by atoms with E-state index in [1.54, 1.807) is 24.3 Å². The zero-order chi connectivity index (χ0) is 15.5. The van der Waals surface area contributed by atoms with Crippen molar-refractivity contribution in [3.63, 3.8) is 0 Å². The number of halogens is 4. The van der Waals surface area contributed by atoms with Crippen LogP contribution in [-0.2, 0) is 11.8 Å². The number of ether oxygens (including phenoxy) is 1. The third-order valence-electron chi connectivity index (χ3n) is 2.56. The summed E-state index contributed by atoms with van der Waals surface area (Å²) in [7, 11) is 0. The highest BCUT2D eigenvalue weighted by molar-refractivity contribution is 6.32. The standard InChI is InChI=1S/C14H8Cl2F2N2O/c15-12-7-10(14(16,17)18)8-20-13(12)21-11-3-1-9(2-4-11)5-6-19/h1-4,7-8H,5H2. The molecular formula is C14H8Cl2F2N2O. The first-order valence-electron chi connectivity index (χ1n) is 5.76. The largest absolute Gasteiger partial charge is 0.438 e. The van der Waals surface area contributed by atoms with Crippen molar-refractivity contribution in [3.8, 4) is 17.7 Å². The van der Waals surface area contributed by atoms with E-state index in [4.69, 9.17) is 33.2 Å². The van der Waals surface area contributed by atoms with Gasteiger partial charge in [0, 0.05) is 6.20 Å². The van der Waals surface area contributed by atoms with Crippen molar-refractivity contribution < 1.29 is 13.5 Å². The number of rotatable bonds is 4. The Morgan fingerprint density at radius 1 is 1.29 bits per heavy atom. The maximum Gasteiger partial charge on any atom is 0.349 e. The molecule has 0 aliphatic heterocycles. The molecule has 0 N–H and O–H groups in total. The van der Waals surface area contributed by atoms with Crippen LogP contribution in [0.25, 0.3) is 0 Å². The average molecular weight is 329 g/mol. The number of aromatic nitrogens is 1. The lowest BCUT2D eigenvalue weighted by Crippen LogP contribution is -2.04. The molecule has 2 rings (SSSR count). The minimum absolute atomic E-state index is 0.00522. The van der Waals surface area contributed by atoms with Crippen LogP contribution in [0.1, 0.15) is 11.1 Å². The van der Waals surface area contributed by atoms with Crippen LogP contribution in [0, 0.1) is 11.3 Å². The molecule has 0 saturated heterocycles. The first-order valence-corrected chi connectivity index (χ1v) is 6.52. The molecule has 1 aromatic carbocycles. The highest BCUT2D eigenvalue weighted by Gasteiger charge is 2.29. The van der Waals surface area contributed by atoms with Crippen molar-refractivity contribution in [3.05, 3.63) is 52.7 Å². The van der Waals surface area contributed by atoms with Crippen LogP contribution < -0.4 is 4.74 Å². The van der Waals surface area contributed by atoms with Crippen molar-refractivity contribution >= 4 is 23.2 Å². The summed E-state index contributed by atoms with van der Waals surface area (Å²) in [6.45, 7) is 0. The van der Waals surface area contributed by atoms with Crippen LogP contribution in [0.15, 0.2) is 36.5 Å². The van der Waals surface area contributed by atoms with E-state index in [0.717, 1.165) is 17.8 Å². The molecule has 21 heavy (non-hydrogen) atoms. The molecule has 3 nitrogen and oxygen atoms in total. The van der Waals surface area contributed by atoms with Gasteiger partial charge in [0.2, 0.25) is 5.88 Å². The van der Waals surface area contributed by atoms with Gasteiger partial charge in [-0.15, -0.1) is 0 Å². The van der Waals surface area contributed by atoms with Gasteiger partial charge < -0.3 is 4.74 Å². The van der Waals surface area contributed by atoms with Gasteiger partial charge >= 0.3 is 5.38 Å². The van der Waals surface area contributed by atoms with Crippen molar-refractivity contribution in [2.45, 2.75) is 11.8 Å². The normalized spacial score (nSPS) is 11.0. The van der Waals surface area contributed by atoms with E-state index in [2.05, 4.69) is 4.98 Å². The topological polar surface area (TPSA) is 45.9 Å². The predicted octanol–water partition coefficient (Wildman–Crippen LogP) is 4.88.